The van der Waals surface area contributed by atoms with E-state index >= 15 is 0 Å². The van der Waals surface area contributed by atoms with E-state index < -0.39 is 5.60 Å². The number of hydrogen-bond donors (Lipinski definition) is 1. The molecule has 0 unspecified atom stereocenters. The molecule has 0 saturated carbocycles. The zero-order valence-electron chi connectivity index (χ0n) is 20.6. The second-order valence-corrected chi connectivity index (χ2v) is 10.6. The molecule has 34 heavy (non-hydrogen) atoms. The van der Waals surface area contributed by atoms with Crippen molar-refractivity contribution in [2.45, 2.75) is 64.9 Å². The Kier molecular flexibility index (Phi) is 5.58. The van der Waals surface area contributed by atoms with Crippen LogP contribution in [-0.4, -0.2) is 49.3 Å². The number of aromatic amines is 1. The van der Waals surface area contributed by atoms with Crippen molar-refractivity contribution in [1.82, 2.24) is 24.5 Å². The molecule has 7 nitrogen and oxygen atoms in total. The van der Waals surface area contributed by atoms with Gasteiger partial charge >= 0.3 is 6.09 Å². The summed E-state index contributed by atoms with van der Waals surface area (Å²) in [5, 5.41) is 5.58. The molecule has 1 saturated heterocycles. The first-order chi connectivity index (χ1) is 16.2. The Morgan fingerprint density at radius 2 is 1.91 bits per heavy atom. The van der Waals surface area contributed by atoms with Gasteiger partial charge in [-0.15, -0.1) is 0 Å². The smallest absolute Gasteiger partial charge is 0.410 e. The number of nitrogens with zero attached hydrogens (tertiary/aromatic N) is 4. The molecule has 0 aliphatic carbocycles. The Labute approximate surface area is 200 Å². The second-order valence-electron chi connectivity index (χ2n) is 10.6. The summed E-state index contributed by atoms with van der Waals surface area (Å²) in [6, 6.07) is 10.9. The molecule has 5 rings (SSSR count). The van der Waals surface area contributed by atoms with Gasteiger partial charge in [0.2, 0.25) is 0 Å². The number of aromatic nitrogens is 4. The van der Waals surface area contributed by atoms with Crippen LogP contribution in [0, 0.1) is 0 Å². The maximum Gasteiger partial charge on any atom is 0.410 e. The van der Waals surface area contributed by atoms with E-state index in [1.54, 1.807) is 6.33 Å². The number of amides is 1. The lowest BCUT2D eigenvalue weighted by Crippen LogP contribution is -2.41. The highest BCUT2D eigenvalue weighted by molar-refractivity contribution is 5.92. The average Bonchev–Trinajstić information content (AvgIpc) is 3.41. The summed E-state index contributed by atoms with van der Waals surface area (Å²) < 4.78 is 7.37. The molecule has 0 bridgehead atoms. The van der Waals surface area contributed by atoms with E-state index in [0.29, 0.717) is 11.8 Å². The Bertz CT molecular complexity index is 1340. The zero-order chi connectivity index (χ0) is 24.0. The Morgan fingerprint density at radius 1 is 1.15 bits per heavy atom. The fraction of sp³-hybridized carbons (Fsp3) is 0.444. The molecule has 4 aromatic rings. The van der Waals surface area contributed by atoms with Gasteiger partial charge in [0.05, 0.1) is 5.69 Å². The maximum absolute atomic E-state index is 12.4. The van der Waals surface area contributed by atoms with Gasteiger partial charge in [0.25, 0.3) is 0 Å². The molecule has 0 atom stereocenters. The number of ether oxygens (including phenoxy) is 1. The van der Waals surface area contributed by atoms with Gasteiger partial charge in [-0.1, -0.05) is 19.9 Å². The minimum absolute atomic E-state index is 0.205. The molecule has 1 amide bonds. The van der Waals surface area contributed by atoms with E-state index in [1.165, 1.54) is 16.5 Å². The first kappa shape index (κ1) is 22.4. The molecule has 1 aliphatic rings. The minimum Gasteiger partial charge on any atom is -0.444 e. The summed E-state index contributed by atoms with van der Waals surface area (Å²) >= 11 is 0. The van der Waals surface area contributed by atoms with Crippen molar-refractivity contribution in [2.24, 2.45) is 0 Å². The standard InChI is InChI=1S/C27H33N5O2/c1-17(2)24-21-14-19(18-10-12-31(13-11-18)26(33)34-27(3,4)5)6-8-22(21)30-25(24)20-7-9-23-28-16-29-32(23)15-20/h6-9,14-18,30H,10-13H2,1-5H3. The number of fused-ring (bicyclic) bond motifs is 2. The highest BCUT2D eigenvalue weighted by Gasteiger charge is 2.28. The fourth-order valence-electron chi connectivity index (χ4n) is 5.00. The van der Waals surface area contributed by atoms with E-state index in [-0.39, 0.29) is 6.09 Å². The molecule has 7 heteroatoms. The van der Waals surface area contributed by atoms with E-state index in [9.17, 15) is 4.79 Å². The van der Waals surface area contributed by atoms with Crippen molar-refractivity contribution in [1.29, 1.82) is 0 Å². The lowest BCUT2D eigenvalue weighted by atomic mass is 9.87. The van der Waals surface area contributed by atoms with Crippen LogP contribution in [0.25, 0.3) is 27.8 Å². The van der Waals surface area contributed by atoms with E-state index in [4.69, 9.17) is 4.74 Å². The lowest BCUT2D eigenvalue weighted by Gasteiger charge is -2.33. The third-order valence-corrected chi connectivity index (χ3v) is 6.62. The molecule has 3 aromatic heterocycles. The number of rotatable bonds is 3. The molecule has 4 heterocycles. The normalized spacial score (nSPS) is 15.5. The number of H-pyrrole nitrogens is 1. The summed E-state index contributed by atoms with van der Waals surface area (Å²) in [4.78, 5) is 22.2. The van der Waals surface area contributed by atoms with Gasteiger partial charge < -0.3 is 14.6 Å². The highest BCUT2D eigenvalue weighted by atomic mass is 16.6. The van der Waals surface area contributed by atoms with Gasteiger partial charge in [-0.25, -0.2) is 14.3 Å². The monoisotopic (exact) mass is 459 g/mol. The van der Waals surface area contributed by atoms with Crippen LogP contribution in [0.5, 0.6) is 0 Å². The number of likely N-dealkylation sites (tertiary alicyclic amines) is 1. The number of benzene rings is 1. The minimum atomic E-state index is -0.462. The number of nitrogens with one attached hydrogen (secondary N) is 1. The summed E-state index contributed by atoms with van der Waals surface area (Å²) in [6.45, 7) is 11.7. The van der Waals surface area contributed by atoms with Gasteiger partial charge in [0.1, 0.15) is 11.9 Å². The van der Waals surface area contributed by atoms with Gasteiger partial charge in [-0.05, 0) is 80.8 Å². The van der Waals surface area contributed by atoms with Gasteiger partial charge in [0.15, 0.2) is 5.65 Å². The topological polar surface area (TPSA) is 75.5 Å². The number of carbonyl (C=O) groups is 1. The number of pyridine rings is 1. The fourth-order valence-corrected chi connectivity index (χ4v) is 5.00. The Morgan fingerprint density at radius 3 is 2.62 bits per heavy atom. The van der Waals surface area contributed by atoms with Crippen LogP contribution in [-0.2, 0) is 4.74 Å². The molecule has 0 radical (unpaired) electrons. The predicted octanol–water partition coefficient (Wildman–Crippen LogP) is 6.12. The average molecular weight is 460 g/mol. The van der Waals surface area contributed by atoms with Crippen LogP contribution in [0.1, 0.15) is 70.4 Å². The van der Waals surface area contributed by atoms with Crippen LogP contribution in [0.15, 0.2) is 42.9 Å². The molecule has 1 N–H and O–H groups in total. The quantitative estimate of drug-likeness (QED) is 0.401. The van der Waals surface area contributed by atoms with Crippen LogP contribution in [0.2, 0.25) is 0 Å². The maximum atomic E-state index is 12.4. The second kappa shape index (κ2) is 8.46. The van der Waals surface area contributed by atoms with Crippen molar-refractivity contribution >= 4 is 22.6 Å². The third kappa shape index (κ3) is 4.27. The van der Waals surface area contributed by atoms with E-state index in [2.05, 4.69) is 53.2 Å². The van der Waals surface area contributed by atoms with E-state index in [0.717, 1.165) is 48.4 Å². The van der Waals surface area contributed by atoms with E-state index in [1.807, 2.05) is 42.4 Å². The molecular formula is C27H33N5O2. The summed E-state index contributed by atoms with van der Waals surface area (Å²) in [5.41, 5.74) is 6.43. The lowest BCUT2D eigenvalue weighted by molar-refractivity contribution is 0.0205. The molecule has 178 valence electrons. The number of piperidine rings is 1. The van der Waals surface area contributed by atoms with Crippen molar-refractivity contribution in [3.63, 3.8) is 0 Å². The molecule has 1 aliphatic heterocycles. The van der Waals surface area contributed by atoms with Gasteiger partial charge in [-0.3, -0.25) is 0 Å². The Balaban J connectivity index is 1.42. The first-order valence-corrected chi connectivity index (χ1v) is 12.1. The number of hydrogen-bond acceptors (Lipinski definition) is 4. The van der Waals surface area contributed by atoms with Crippen LogP contribution in [0.3, 0.4) is 0 Å². The van der Waals surface area contributed by atoms with Crippen molar-refractivity contribution in [3.8, 4) is 11.3 Å². The summed E-state index contributed by atoms with van der Waals surface area (Å²) in [6.07, 6.45) is 5.30. The van der Waals surface area contributed by atoms with Gasteiger partial charge in [-0.2, -0.15) is 5.10 Å². The van der Waals surface area contributed by atoms with Crippen molar-refractivity contribution < 1.29 is 9.53 Å². The molecule has 1 aromatic carbocycles. The Hall–Kier alpha value is -3.35. The summed E-state index contributed by atoms with van der Waals surface area (Å²) in [5.74, 6) is 0.799. The first-order valence-electron chi connectivity index (χ1n) is 12.1. The molecule has 0 spiro atoms. The van der Waals surface area contributed by atoms with Crippen LogP contribution >= 0.6 is 0 Å². The van der Waals surface area contributed by atoms with Crippen molar-refractivity contribution in [3.05, 3.63) is 54.0 Å². The number of carbonyl (C=O) groups excluding carboxylic acids is 1. The predicted molar refractivity (Wildman–Crippen MR) is 134 cm³/mol. The van der Waals surface area contributed by atoms with Crippen LogP contribution in [0.4, 0.5) is 4.79 Å². The molecular weight excluding hydrogens is 426 g/mol. The van der Waals surface area contributed by atoms with Crippen molar-refractivity contribution in [2.75, 3.05) is 13.1 Å². The highest BCUT2D eigenvalue weighted by Crippen LogP contribution is 2.38. The third-order valence-electron chi connectivity index (χ3n) is 6.62. The van der Waals surface area contributed by atoms with Gasteiger partial charge in [0, 0.05) is 35.8 Å². The largest absolute Gasteiger partial charge is 0.444 e. The zero-order valence-corrected chi connectivity index (χ0v) is 20.6. The summed E-state index contributed by atoms with van der Waals surface area (Å²) in [7, 11) is 0. The van der Waals surface area contributed by atoms with Crippen LogP contribution < -0.4 is 0 Å². The SMILES string of the molecule is CC(C)c1c(-c2ccc3ncnn3c2)[nH]c2ccc(C3CCN(C(=O)OC(C)(C)C)CC3)cc12. The molecule has 1 fully saturated rings.